The first-order valence-corrected chi connectivity index (χ1v) is 7.85. The Balaban J connectivity index is 1.79. The predicted octanol–water partition coefficient (Wildman–Crippen LogP) is 3.90. The molecule has 1 saturated heterocycles. The van der Waals surface area contributed by atoms with Crippen molar-refractivity contribution in [2.45, 2.75) is 16.6 Å². The van der Waals surface area contributed by atoms with Gasteiger partial charge in [-0.2, -0.15) is 0 Å². The van der Waals surface area contributed by atoms with E-state index < -0.39 is 5.25 Å². The minimum Gasteiger partial charge on any atom is -0.274 e. The van der Waals surface area contributed by atoms with E-state index in [1.54, 1.807) is 36.4 Å². The number of rotatable bonds is 3. The average Bonchev–Trinajstić information content (AvgIpc) is 2.77. The number of imide groups is 1. The van der Waals surface area contributed by atoms with Gasteiger partial charge in [0.15, 0.2) is 0 Å². The zero-order valence-electron chi connectivity index (χ0n) is 11.3. The van der Waals surface area contributed by atoms with E-state index in [2.05, 4.69) is 0 Å². The van der Waals surface area contributed by atoms with E-state index >= 15 is 0 Å². The third-order valence-electron chi connectivity index (χ3n) is 3.28. The van der Waals surface area contributed by atoms with Crippen molar-refractivity contribution in [2.24, 2.45) is 0 Å². The fourth-order valence-electron chi connectivity index (χ4n) is 2.23. The summed E-state index contributed by atoms with van der Waals surface area (Å²) in [6, 6.07) is 12.4. The second kappa shape index (κ2) is 6.10. The molecule has 3 rings (SSSR count). The lowest BCUT2D eigenvalue weighted by Crippen LogP contribution is -2.31. The number of carbonyl (C=O) groups excluding carboxylic acids is 2. The van der Waals surface area contributed by atoms with Crippen LogP contribution in [0.5, 0.6) is 0 Å². The molecular weight excluding hydrogens is 325 g/mol. The standard InChI is InChI=1S/C16H11ClFNO2S/c17-10-1-5-12(6-2-10)19-15(20)9-14(16(19)21)22-13-7-3-11(18)4-8-13/h1-8,14H,9H2. The highest BCUT2D eigenvalue weighted by molar-refractivity contribution is 8.00. The van der Waals surface area contributed by atoms with Gasteiger partial charge in [-0.15, -0.1) is 11.8 Å². The van der Waals surface area contributed by atoms with Crippen molar-refractivity contribution in [1.82, 2.24) is 0 Å². The van der Waals surface area contributed by atoms with Gasteiger partial charge in [-0.3, -0.25) is 9.59 Å². The molecule has 6 heteroatoms. The van der Waals surface area contributed by atoms with E-state index in [0.717, 1.165) is 4.90 Å². The SMILES string of the molecule is O=C1CC(Sc2ccc(F)cc2)C(=O)N1c1ccc(Cl)cc1. The number of halogens is 2. The van der Waals surface area contributed by atoms with Crippen LogP contribution in [0.1, 0.15) is 6.42 Å². The largest absolute Gasteiger partial charge is 0.274 e. The van der Waals surface area contributed by atoms with Gasteiger partial charge >= 0.3 is 0 Å². The van der Waals surface area contributed by atoms with Gasteiger partial charge in [0.1, 0.15) is 5.82 Å². The molecule has 2 aromatic carbocycles. The molecule has 0 bridgehead atoms. The maximum atomic E-state index is 12.9. The molecular formula is C16H11ClFNO2S. The topological polar surface area (TPSA) is 37.4 Å². The molecule has 112 valence electrons. The molecule has 22 heavy (non-hydrogen) atoms. The number of amides is 2. The third kappa shape index (κ3) is 3.00. The van der Waals surface area contributed by atoms with Crippen LogP contribution in [0.15, 0.2) is 53.4 Å². The molecule has 0 radical (unpaired) electrons. The van der Waals surface area contributed by atoms with Gasteiger partial charge in [-0.05, 0) is 48.5 Å². The summed E-state index contributed by atoms with van der Waals surface area (Å²) < 4.78 is 12.9. The highest BCUT2D eigenvalue weighted by Crippen LogP contribution is 2.34. The summed E-state index contributed by atoms with van der Waals surface area (Å²) in [6.07, 6.45) is 0.128. The number of hydrogen-bond donors (Lipinski definition) is 0. The van der Waals surface area contributed by atoms with Crippen LogP contribution >= 0.6 is 23.4 Å². The molecule has 0 aromatic heterocycles. The second-order valence-electron chi connectivity index (χ2n) is 4.81. The normalized spacial score (nSPS) is 18.1. The van der Waals surface area contributed by atoms with E-state index in [1.165, 1.54) is 28.8 Å². The highest BCUT2D eigenvalue weighted by Gasteiger charge is 2.40. The molecule has 0 spiro atoms. The van der Waals surface area contributed by atoms with Crippen LogP contribution in [0.2, 0.25) is 5.02 Å². The summed E-state index contributed by atoms with van der Waals surface area (Å²) in [5.74, 6) is -0.838. The Hall–Kier alpha value is -1.85. The van der Waals surface area contributed by atoms with E-state index in [0.29, 0.717) is 10.7 Å². The molecule has 1 atom stereocenters. The van der Waals surface area contributed by atoms with Crippen molar-refractivity contribution >= 4 is 40.9 Å². The van der Waals surface area contributed by atoms with Crippen LogP contribution in [-0.4, -0.2) is 17.1 Å². The van der Waals surface area contributed by atoms with Crippen LogP contribution in [0.3, 0.4) is 0 Å². The minimum absolute atomic E-state index is 0.128. The fourth-order valence-corrected chi connectivity index (χ4v) is 3.41. The van der Waals surface area contributed by atoms with Gasteiger partial charge in [0, 0.05) is 16.3 Å². The van der Waals surface area contributed by atoms with Crippen LogP contribution in [0.25, 0.3) is 0 Å². The van der Waals surface area contributed by atoms with Crippen molar-refractivity contribution < 1.29 is 14.0 Å². The monoisotopic (exact) mass is 335 g/mol. The average molecular weight is 336 g/mol. The summed E-state index contributed by atoms with van der Waals surface area (Å²) in [6.45, 7) is 0. The number of hydrogen-bond acceptors (Lipinski definition) is 3. The van der Waals surface area contributed by atoms with Gasteiger partial charge in [0.05, 0.1) is 10.9 Å². The summed E-state index contributed by atoms with van der Waals surface area (Å²) >= 11 is 7.09. The Morgan fingerprint density at radius 3 is 2.32 bits per heavy atom. The Morgan fingerprint density at radius 1 is 1.05 bits per heavy atom. The van der Waals surface area contributed by atoms with Crippen molar-refractivity contribution in [3.63, 3.8) is 0 Å². The summed E-state index contributed by atoms with van der Waals surface area (Å²) in [5.41, 5.74) is 0.515. The predicted molar refractivity (Wildman–Crippen MR) is 84.6 cm³/mol. The Kier molecular flexibility index (Phi) is 4.18. The number of benzene rings is 2. The van der Waals surface area contributed by atoms with E-state index in [1.807, 2.05) is 0 Å². The minimum atomic E-state index is -0.492. The van der Waals surface area contributed by atoms with Crippen LogP contribution in [0, 0.1) is 5.82 Å². The molecule has 0 N–H and O–H groups in total. The number of anilines is 1. The van der Waals surface area contributed by atoms with Crippen molar-refractivity contribution in [1.29, 1.82) is 0 Å². The van der Waals surface area contributed by atoms with Crippen LogP contribution < -0.4 is 4.90 Å². The number of carbonyl (C=O) groups is 2. The number of nitrogens with zero attached hydrogens (tertiary/aromatic N) is 1. The lowest BCUT2D eigenvalue weighted by Gasteiger charge is -2.15. The van der Waals surface area contributed by atoms with Gasteiger partial charge in [-0.1, -0.05) is 11.6 Å². The lowest BCUT2D eigenvalue weighted by atomic mass is 10.3. The zero-order valence-corrected chi connectivity index (χ0v) is 12.9. The Morgan fingerprint density at radius 2 is 1.68 bits per heavy atom. The first-order chi connectivity index (χ1) is 10.5. The molecule has 1 fully saturated rings. The molecule has 1 heterocycles. The van der Waals surface area contributed by atoms with Gasteiger partial charge in [-0.25, -0.2) is 9.29 Å². The maximum Gasteiger partial charge on any atom is 0.247 e. The van der Waals surface area contributed by atoms with E-state index in [-0.39, 0.29) is 24.1 Å². The molecule has 3 nitrogen and oxygen atoms in total. The summed E-state index contributed by atoms with van der Waals surface area (Å²) in [7, 11) is 0. The Bertz CT molecular complexity index is 718. The van der Waals surface area contributed by atoms with Crippen molar-refractivity contribution in [3.8, 4) is 0 Å². The summed E-state index contributed by atoms with van der Waals surface area (Å²) in [5, 5.41) is 0.0497. The zero-order chi connectivity index (χ0) is 15.7. The molecule has 0 aliphatic carbocycles. The smallest absolute Gasteiger partial charge is 0.247 e. The lowest BCUT2D eigenvalue weighted by molar-refractivity contribution is -0.121. The van der Waals surface area contributed by atoms with E-state index in [4.69, 9.17) is 11.6 Å². The Labute approximate surface area is 136 Å². The molecule has 1 unspecified atom stereocenters. The molecule has 2 aromatic rings. The van der Waals surface area contributed by atoms with Crippen molar-refractivity contribution in [3.05, 3.63) is 59.4 Å². The van der Waals surface area contributed by atoms with Crippen LogP contribution in [-0.2, 0) is 9.59 Å². The summed E-state index contributed by atoms with van der Waals surface area (Å²) in [4.78, 5) is 26.5. The van der Waals surface area contributed by atoms with Crippen LogP contribution in [0.4, 0.5) is 10.1 Å². The quantitative estimate of drug-likeness (QED) is 0.798. The fraction of sp³-hybridized carbons (Fsp3) is 0.125. The van der Waals surface area contributed by atoms with Crippen molar-refractivity contribution in [2.75, 3.05) is 4.90 Å². The highest BCUT2D eigenvalue weighted by atomic mass is 35.5. The first-order valence-electron chi connectivity index (χ1n) is 6.59. The van der Waals surface area contributed by atoms with Gasteiger partial charge in [0.2, 0.25) is 11.8 Å². The first kappa shape index (κ1) is 15.1. The maximum absolute atomic E-state index is 12.9. The van der Waals surface area contributed by atoms with Gasteiger partial charge < -0.3 is 0 Å². The molecule has 1 aliphatic rings. The third-order valence-corrected chi connectivity index (χ3v) is 4.73. The molecule has 1 aliphatic heterocycles. The van der Waals surface area contributed by atoms with E-state index in [9.17, 15) is 14.0 Å². The molecule has 0 saturated carbocycles. The second-order valence-corrected chi connectivity index (χ2v) is 6.52. The molecule has 2 amide bonds. The van der Waals surface area contributed by atoms with Gasteiger partial charge in [0.25, 0.3) is 0 Å². The number of thioether (sulfide) groups is 1.